The fourth-order valence-corrected chi connectivity index (χ4v) is 4.31. The van der Waals surface area contributed by atoms with E-state index in [0.29, 0.717) is 5.82 Å². The highest BCUT2D eigenvalue weighted by molar-refractivity contribution is 5.71. The van der Waals surface area contributed by atoms with E-state index < -0.39 is 5.54 Å². The van der Waals surface area contributed by atoms with E-state index in [1.807, 2.05) is 32.2 Å². The molecule has 1 aliphatic heterocycles. The highest BCUT2D eigenvalue weighted by Crippen LogP contribution is 2.40. The van der Waals surface area contributed by atoms with Crippen molar-refractivity contribution < 1.29 is 4.79 Å². The molecule has 3 heterocycles. The summed E-state index contributed by atoms with van der Waals surface area (Å²) in [5.41, 5.74) is 3.91. The molecule has 2 aromatic heterocycles. The quantitative estimate of drug-likeness (QED) is 0.578. The van der Waals surface area contributed by atoms with E-state index in [0.717, 1.165) is 55.5 Å². The normalized spacial score (nSPS) is 16.6. The lowest BCUT2D eigenvalue weighted by molar-refractivity contribution is -0.111. The second-order valence-corrected chi connectivity index (χ2v) is 9.33. The van der Waals surface area contributed by atoms with E-state index in [1.54, 1.807) is 11.1 Å². The summed E-state index contributed by atoms with van der Waals surface area (Å²) < 4.78 is 0. The first kappa shape index (κ1) is 22.1. The largest absolute Gasteiger partial charge is 0.368 e. The Morgan fingerprint density at radius 3 is 2.41 bits per heavy atom. The van der Waals surface area contributed by atoms with Crippen molar-refractivity contribution in [1.82, 2.24) is 14.9 Å². The summed E-state index contributed by atoms with van der Waals surface area (Å²) in [5.74, 6) is 2.53. The predicted octanol–water partition coefficient (Wildman–Crippen LogP) is 4.38. The van der Waals surface area contributed by atoms with Crippen LogP contribution < -0.4 is 9.80 Å². The summed E-state index contributed by atoms with van der Waals surface area (Å²) in [6.45, 7) is 17.6. The molecule has 2 aliphatic rings. The number of carbonyl (C=O) groups is 1. The topological polar surface area (TPSA) is 52.6 Å². The van der Waals surface area contributed by atoms with Crippen molar-refractivity contribution in [1.29, 1.82) is 0 Å². The molecule has 6 nitrogen and oxygen atoms in total. The summed E-state index contributed by atoms with van der Waals surface area (Å²) in [7, 11) is 0. The Labute approximate surface area is 191 Å². The van der Waals surface area contributed by atoms with Gasteiger partial charge in [0.15, 0.2) is 0 Å². The zero-order chi connectivity index (χ0) is 22.9. The van der Waals surface area contributed by atoms with E-state index in [-0.39, 0.29) is 0 Å². The number of aromatic nitrogens is 2. The average molecular weight is 432 g/mol. The van der Waals surface area contributed by atoms with Crippen LogP contribution in [0.2, 0.25) is 0 Å². The minimum atomic E-state index is -0.702. The van der Waals surface area contributed by atoms with E-state index in [9.17, 15) is 4.79 Å². The molecule has 0 aromatic carbocycles. The van der Waals surface area contributed by atoms with E-state index in [1.165, 1.54) is 24.0 Å². The SMILES string of the molecule is C=CN(c1ccc(C(=C)N2CCN(c3ncc(C4CC4)cc3C)CC2)cn1)C(C)(C)C=O. The zero-order valence-electron chi connectivity index (χ0n) is 19.4. The Morgan fingerprint density at radius 2 is 1.88 bits per heavy atom. The second kappa shape index (κ2) is 8.77. The lowest BCUT2D eigenvalue weighted by Gasteiger charge is -2.38. The van der Waals surface area contributed by atoms with Crippen LogP contribution in [-0.4, -0.2) is 52.9 Å². The van der Waals surface area contributed by atoms with Gasteiger partial charge in [-0.1, -0.05) is 19.2 Å². The summed E-state index contributed by atoms with van der Waals surface area (Å²) in [5, 5.41) is 0. The molecule has 1 saturated heterocycles. The molecule has 168 valence electrons. The van der Waals surface area contributed by atoms with Gasteiger partial charge in [-0.15, -0.1) is 0 Å². The van der Waals surface area contributed by atoms with Crippen LogP contribution in [0, 0.1) is 6.92 Å². The molecule has 2 fully saturated rings. The van der Waals surface area contributed by atoms with E-state index >= 15 is 0 Å². The van der Waals surface area contributed by atoms with E-state index in [4.69, 9.17) is 4.98 Å². The van der Waals surface area contributed by atoms with Gasteiger partial charge in [-0.05, 0) is 69.0 Å². The number of carbonyl (C=O) groups excluding carboxylic acids is 1. The van der Waals surface area contributed by atoms with E-state index in [2.05, 4.69) is 47.1 Å². The third-order valence-electron chi connectivity index (χ3n) is 6.50. The average Bonchev–Trinajstić information content (AvgIpc) is 3.65. The van der Waals surface area contributed by atoms with Gasteiger partial charge >= 0.3 is 0 Å². The molecular weight excluding hydrogens is 398 g/mol. The Bertz CT molecular complexity index is 1000. The fourth-order valence-electron chi connectivity index (χ4n) is 4.31. The zero-order valence-corrected chi connectivity index (χ0v) is 19.4. The molecule has 2 aromatic rings. The van der Waals surface area contributed by atoms with Crippen LogP contribution in [0.1, 0.15) is 49.3 Å². The molecule has 0 spiro atoms. The molecule has 32 heavy (non-hydrogen) atoms. The number of anilines is 2. The molecular formula is C26H33N5O. The van der Waals surface area contributed by atoms with Crippen LogP contribution in [0.3, 0.4) is 0 Å². The summed E-state index contributed by atoms with van der Waals surface area (Å²) in [4.78, 5) is 27.2. The van der Waals surface area contributed by atoms with Crippen molar-refractivity contribution in [2.24, 2.45) is 0 Å². The first-order valence-electron chi connectivity index (χ1n) is 11.3. The molecule has 4 rings (SSSR count). The Hall–Kier alpha value is -3.15. The van der Waals surface area contributed by atoms with Crippen molar-refractivity contribution >= 4 is 23.6 Å². The number of pyridine rings is 2. The fraction of sp³-hybridized carbons (Fsp3) is 0.423. The van der Waals surface area contributed by atoms with Crippen LogP contribution in [0.5, 0.6) is 0 Å². The second-order valence-electron chi connectivity index (χ2n) is 9.33. The first-order chi connectivity index (χ1) is 15.3. The predicted molar refractivity (Wildman–Crippen MR) is 131 cm³/mol. The molecule has 0 bridgehead atoms. The van der Waals surface area contributed by atoms with Gasteiger partial charge in [0.1, 0.15) is 17.9 Å². The van der Waals surface area contributed by atoms with Gasteiger partial charge in [0, 0.05) is 49.8 Å². The monoisotopic (exact) mass is 431 g/mol. The highest BCUT2D eigenvalue weighted by Gasteiger charge is 2.27. The van der Waals surface area contributed by atoms with Crippen LogP contribution in [0.4, 0.5) is 11.6 Å². The standard InChI is InChI=1S/C26H33N5O/c1-6-31(26(4,5)18-32)24-10-9-22(16-27-24)20(3)29-11-13-30(14-12-29)25-19(2)15-23(17-28-25)21-7-8-21/h6,9-10,15-18,21H,1,3,7-8,11-14H2,2,4-5H3. The number of aryl methyl sites for hydroxylation is 1. The maximum atomic E-state index is 11.4. The van der Waals surface area contributed by atoms with Gasteiger partial charge in [0.05, 0.1) is 5.54 Å². The minimum absolute atomic E-state index is 0.690. The van der Waals surface area contributed by atoms with Crippen LogP contribution in [0.15, 0.2) is 50.0 Å². The number of rotatable bonds is 8. The third-order valence-corrected chi connectivity index (χ3v) is 6.50. The lowest BCUT2D eigenvalue weighted by Crippen LogP contribution is -2.46. The van der Waals surface area contributed by atoms with Gasteiger partial charge in [0.2, 0.25) is 0 Å². The van der Waals surface area contributed by atoms with Crippen molar-refractivity contribution in [2.45, 2.75) is 45.1 Å². The van der Waals surface area contributed by atoms with Crippen LogP contribution in [-0.2, 0) is 4.79 Å². The molecule has 0 unspecified atom stereocenters. The first-order valence-corrected chi connectivity index (χ1v) is 11.3. The molecule has 0 amide bonds. The Balaban J connectivity index is 1.39. The highest BCUT2D eigenvalue weighted by atomic mass is 16.1. The maximum absolute atomic E-state index is 11.4. The van der Waals surface area contributed by atoms with Crippen LogP contribution >= 0.6 is 0 Å². The van der Waals surface area contributed by atoms with Crippen molar-refractivity contribution in [3.63, 3.8) is 0 Å². The lowest BCUT2D eigenvalue weighted by atomic mass is 10.1. The van der Waals surface area contributed by atoms with Gasteiger partial charge < -0.3 is 19.5 Å². The smallest absolute Gasteiger partial charge is 0.145 e. The van der Waals surface area contributed by atoms with Crippen molar-refractivity contribution in [3.05, 3.63) is 66.6 Å². The van der Waals surface area contributed by atoms with Gasteiger partial charge in [0.25, 0.3) is 0 Å². The number of aldehydes is 1. The maximum Gasteiger partial charge on any atom is 0.145 e. The number of piperazine rings is 1. The van der Waals surface area contributed by atoms with Gasteiger partial charge in [-0.3, -0.25) is 0 Å². The van der Waals surface area contributed by atoms with Crippen molar-refractivity contribution in [3.8, 4) is 0 Å². The minimum Gasteiger partial charge on any atom is -0.368 e. The number of hydrogen-bond donors (Lipinski definition) is 0. The molecule has 0 radical (unpaired) electrons. The van der Waals surface area contributed by atoms with Crippen molar-refractivity contribution in [2.75, 3.05) is 36.0 Å². The molecule has 1 aliphatic carbocycles. The van der Waals surface area contributed by atoms with Gasteiger partial charge in [-0.25, -0.2) is 9.97 Å². The third kappa shape index (κ3) is 4.40. The summed E-state index contributed by atoms with van der Waals surface area (Å²) >= 11 is 0. The molecule has 0 N–H and O–H groups in total. The number of hydrogen-bond acceptors (Lipinski definition) is 6. The Kier molecular flexibility index (Phi) is 6.04. The van der Waals surface area contributed by atoms with Crippen LogP contribution in [0.25, 0.3) is 5.70 Å². The van der Waals surface area contributed by atoms with Gasteiger partial charge in [-0.2, -0.15) is 0 Å². The molecule has 6 heteroatoms. The molecule has 1 saturated carbocycles. The summed E-state index contributed by atoms with van der Waals surface area (Å²) in [6, 6.07) is 6.24. The Morgan fingerprint density at radius 1 is 1.16 bits per heavy atom. The summed E-state index contributed by atoms with van der Waals surface area (Å²) in [6.07, 6.45) is 9.03. The molecule has 0 atom stereocenters. The number of nitrogens with zero attached hydrogens (tertiary/aromatic N) is 5.